The van der Waals surface area contributed by atoms with Crippen molar-refractivity contribution < 1.29 is 9.53 Å². The van der Waals surface area contributed by atoms with E-state index in [1.54, 1.807) is 23.9 Å². The number of aryl methyl sites for hydroxylation is 1. The number of nitrogens with zero attached hydrogens (tertiary/aromatic N) is 5. The smallest absolute Gasteiger partial charge is 0.270 e. The molecule has 0 radical (unpaired) electrons. The normalized spacial score (nSPS) is 15.4. The van der Waals surface area contributed by atoms with Crippen LogP contribution in [0.25, 0.3) is 5.65 Å². The van der Waals surface area contributed by atoms with Gasteiger partial charge in [-0.05, 0) is 18.9 Å². The SMILES string of the molecule is COc1ccn2c(C(=O)NC3CCN(c4nccn4C)CC3)cnc2c1. The van der Waals surface area contributed by atoms with E-state index in [-0.39, 0.29) is 11.9 Å². The monoisotopic (exact) mass is 354 g/mol. The summed E-state index contributed by atoms with van der Waals surface area (Å²) in [6.45, 7) is 1.75. The summed E-state index contributed by atoms with van der Waals surface area (Å²) in [7, 11) is 3.61. The van der Waals surface area contributed by atoms with Crippen molar-refractivity contribution in [1.82, 2.24) is 24.3 Å². The predicted octanol–water partition coefficient (Wildman–Crippen LogP) is 1.48. The molecule has 8 heteroatoms. The maximum absolute atomic E-state index is 12.7. The zero-order valence-electron chi connectivity index (χ0n) is 14.9. The Morgan fingerprint density at radius 3 is 2.77 bits per heavy atom. The van der Waals surface area contributed by atoms with Crippen LogP contribution in [-0.2, 0) is 7.05 Å². The average molecular weight is 354 g/mol. The molecule has 1 saturated heterocycles. The number of carbonyl (C=O) groups is 1. The van der Waals surface area contributed by atoms with E-state index in [0.29, 0.717) is 11.3 Å². The van der Waals surface area contributed by atoms with E-state index in [4.69, 9.17) is 4.74 Å². The van der Waals surface area contributed by atoms with E-state index >= 15 is 0 Å². The Morgan fingerprint density at radius 2 is 2.08 bits per heavy atom. The molecule has 1 aliphatic rings. The second kappa shape index (κ2) is 6.70. The lowest BCUT2D eigenvalue weighted by atomic mass is 10.1. The van der Waals surface area contributed by atoms with E-state index < -0.39 is 0 Å². The maximum Gasteiger partial charge on any atom is 0.270 e. The molecule has 26 heavy (non-hydrogen) atoms. The molecule has 3 aromatic rings. The first-order valence-electron chi connectivity index (χ1n) is 8.70. The van der Waals surface area contributed by atoms with Gasteiger partial charge in [-0.2, -0.15) is 0 Å². The van der Waals surface area contributed by atoms with E-state index in [2.05, 4.69) is 20.2 Å². The molecule has 8 nitrogen and oxygen atoms in total. The fourth-order valence-electron chi connectivity index (χ4n) is 3.40. The first kappa shape index (κ1) is 16.4. The van der Waals surface area contributed by atoms with Gasteiger partial charge in [-0.15, -0.1) is 0 Å². The molecule has 1 amide bonds. The molecule has 1 fully saturated rings. The first-order valence-corrected chi connectivity index (χ1v) is 8.70. The Hall–Kier alpha value is -3.03. The number of pyridine rings is 1. The Balaban J connectivity index is 1.41. The minimum Gasteiger partial charge on any atom is -0.497 e. The van der Waals surface area contributed by atoms with Crippen LogP contribution in [0, 0.1) is 0 Å². The number of carbonyl (C=O) groups excluding carboxylic acids is 1. The van der Waals surface area contributed by atoms with E-state index in [1.807, 2.05) is 36.1 Å². The van der Waals surface area contributed by atoms with Crippen LogP contribution in [0.15, 0.2) is 36.9 Å². The van der Waals surface area contributed by atoms with Crippen molar-refractivity contribution in [2.24, 2.45) is 7.05 Å². The number of aromatic nitrogens is 4. The number of piperidine rings is 1. The van der Waals surface area contributed by atoms with Crippen LogP contribution < -0.4 is 15.0 Å². The zero-order chi connectivity index (χ0) is 18.1. The maximum atomic E-state index is 12.7. The summed E-state index contributed by atoms with van der Waals surface area (Å²) < 4.78 is 9.00. The number of nitrogens with one attached hydrogen (secondary N) is 1. The van der Waals surface area contributed by atoms with Gasteiger partial charge in [0.25, 0.3) is 5.91 Å². The summed E-state index contributed by atoms with van der Waals surface area (Å²) in [6, 6.07) is 3.78. The van der Waals surface area contributed by atoms with Crippen LogP contribution in [0.1, 0.15) is 23.3 Å². The van der Waals surface area contributed by atoms with Crippen LogP contribution in [0.4, 0.5) is 5.95 Å². The third-order valence-corrected chi connectivity index (χ3v) is 4.86. The van der Waals surface area contributed by atoms with E-state index in [1.165, 1.54) is 0 Å². The first-order chi connectivity index (χ1) is 12.7. The highest BCUT2D eigenvalue weighted by Crippen LogP contribution is 2.19. The van der Waals surface area contributed by atoms with Crippen molar-refractivity contribution in [1.29, 1.82) is 0 Å². The molecule has 0 aliphatic carbocycles. The van der Waals surface area contributed by atoms with Crippen LogP contribution in [0.5, 0.6) is 5.75 Å². The van der Waals surface area contributed by atoms with Crippen molar-refractivity contribution in [3.8, 4) is 5.75 Å². The molecule has 1 N–H and O–H groups in total. The molecular weight excluding hydrogens is 332 g/mol. The van der Waals surface area contributed by atoms with Crippen LogP contribution in [0.2, 0.25) is 0 Å². The minimum atomic E-state index is -0.0990. The van der Waals surface area contributed by atoms with Gasteiger partial charge in [0.05, 0.1) is 13.3 Å². The Labute approximate surface area is 151 Å². The van der Waals surface area contributed by atoms with E-state index in [9.17, 15) is 4.79 Å². The quantitative estimate of drug-likeness (QED) is 0.768. The number of anilines is 1. The second-order valence-electron chi connectivity index (χ2n) is 6.51. The van der Waals surface area contributed by atoms with Gasteiger partial charge < -0.3 is 19.5 Å². The molecule has 136 valence electrons. The summed E-state index contributed by atoms with van der Waals surface area (Å²) in [5.41, 5.74) is 1.23. The van der Waals surface area contributed by atoms with Gasteiger partial charge >= 0.3 is 0 Å². The highest BCUT2D eigenvalue weighted by atomic mass is 16.5. The van der Waals surface area contributed by atoms with Gasteiger partial charge in [-0.3, -0.25) is 9.20 Å². The van der Waals surface area contributed by atoms with Gasteiger partial charge in [0, 0.05) is 50.8 Å². The molecule has 0 bridgehead atoms. The third kappa shape index (κ3) is 2.98. The van der Waals surface area contributed by atoms with Crippen LogP contribution >= 0.6 is 0 Å². The molecule has 0 saturated carbocycles. The Kier molecular flexibility index (Phi) is 4.24. The number of imidazole rings is 2. The molecule has 4 rings (SSSR count). The van der Waals surface area contributed by atoms with Crippen molar-refractivity contribution in [3.63, 3.8) is 0 Å². The molecule has 0 unspecified atom stereocenters. The van der Waals surface area contributed by atoms with Crippen LogP contribution in [0.3, 0.4) is 0 Å². The van der Waals surface area contributed by atoms with Gasteiger partial charge in [0.2, 0.25) is 5.95 Å². The van der Waals surface area contributed by atoms with Crippen molar-refractivity contribution in [3.05, 3.63) is 42.6 Å². The summed E-state index contributed by atoms with van der Waals surface area (Å²) in [5.74, 6) is 1.60. The lowest BCUT2D eigenvalue weighted by Gasteiger charge is -2.32. The number of ether oxygens (including phenoxy) is 1. The minimum absolute atomic E-state index is 0.0990. The number of methoxy groups -OCH3 is 1. The fraction of sp³-hybridized carbons (Fsp3) is 0.389. The predicted molar refractivity (Wildman–Crippen MR) is 97.7 cm³/mol. The number of amides is 1. The zero-order valence-corrected chi connectivity index (χ0v) is 14.9. The average Bonchev–Trinajstić information content (AvgIpc) is 3.28. The van der Waals surface area contributed by atoms with Crippen molar-refractivity contribution in [2.45, 2.75) is 18.9 Å². The number of hydrogen-bond acceptors (Lipinski definition) is 5. The fourth-order valence-corrected chi connectivity index (χ4v) is 3.40. The van der Waals surface area contributed by atoms with Crippen LogP contribution in [-0.4, -0.2) is 51.1 Å². The largest absolute Gasteiger partial charge is 0.497 e. The van der Waals surface area contributed by atoms with Crippen molar-refractivity contribution in [2.75, 3.05) is 25.1 Å². The third-order valence-electron chi connectivity index (χ3n) is 4.86. The summed E-state index contributed by atoms with van der Waals surface area (Å²) >= 11 is 0. The van der Waals surface area contributed by atoms with Gasteiger partial charge in [0.1, 0.15) is 17.1 Å². The number of fused-ring (bicyclic) bond motifs is 1. The summed E-state index contributed by atoms with van der Waals surface area (Å²) in [6.07, 6.45) is 8.95. The summed E-state index contributed by atoms with van der Waals surface area (Å²) in [4.78, 5) is 23.6. The lowest BCUT2D eigenvalue weighted by molar-refractivity contribution is 0.0925. The van der Waals surface area contributed by atoms with Gasteiger partial charge in [0.15, 0.2) is 0 Å². The number of rotatable bonds is 4. The highest BCUT2D eigenvalue weighted by molar-refractivity contribution is 5.93. The summed E-state index contributed by atoms with van der Waals surface area (Å²) in [5, 5.41) is 3.14. The molecular formula is C18H22N6O2. The lowest BCUT2D eigenvalue weighted by Crippen LogP contribution is -2.45. The standard InChI is InChI=1S/C18H22N6O2/c1-22-10-6-19-18(22)23-7-3-13(4-8-23)21-17(25)15-12-20-16-11-14(26-2)5-9-24(15)16/h5-6,9-13H,3-4,7-8H2,1-2H3,(H,21,25). The Bertz CT molecular complexity index is 923. The second-order valence-corrected chi connectivity index (χ2v) is 6.51. The molecule has 0 spiro atoms. The molecule has 4 heterocycles. The van der Waals surface area contributed by atoms with E-state index in [0.717, 1.165) is 37.6 Å². The number of hydrogen-bond donors (Lipinski definition) is 1. The Morgan fingerprint density at radius 1 is 1.27 bits per heavy atom. The van der Waals surface area contributed by atoms with Crippen molar-refractivity contribution >= 4 is 17.5 Å². The molecule has 3 aromatic heterocycles. The highest BCUT2D eigenvalue weighted by Gasteiger charge is 2.24. The topological polar surface area (TPSA) is 76.7 Å². The van der Waals surface area contributed by atoms with Gasteiger partial charge in [-0.25, -0.2) is 9.97 Å². The van der Waals surface area contributed by atoms with Gasteiger partial charge in [-0.1, -0.05) is 0 Å². The molecule has 0 atom stereocenters. The molecule has 1 aliphatic heterocycles. The molecule has 0 aromatic carbocycles.